The van der Waals surface area contributed by atoms with Crippen LogP contribution < -0.4 is 0 Å². The third-order valence-corrected chi connectivity index (χ3v) is 3.22. The normalized spacial score (nSPS) is 14.2. The van der Waals surface area contributed by atoms with Gasteiger partial charge in [-0.15, -0.1) is 0 Å². The highest BCUT2D eigenvalue weighted by Crippen LogP contribution is 2.29. The topological polar surface area (TPSA) is 42.6 Å². The van der Waals surface area contributed by atoms with E-state index in [-0.39, 0.29) is 5.60 Å². The predicted octanol–water partition coefficient (Wildman–Crippen LogP) is 3.28. The summed E-state index contributed by atoms with van der Waals surface area (Å²) in [7, 11) is 1.68. The van der Waals surface area contributed by atoms with Gasteiger partial charge in [0.05, 0.1) is 18.0 Å². The maximum absolute atomic E-state index is 9.90. The lowest BCUT2D eigenvalue weighted by Gasteiger charge is -2.23. The molecule has 86 valence electrons. The van der Waals surface area contributed by atoms with Gasteiger partial charge >= 0.3 is 0 Å². The predicted molar refractivity (Wildman–Crippen MR) is 61.7 cm³/mol. The van der Waals surface area contributed by atoms with Crippen LogP contribution in [0.25, 0.3) is 0 Å². The Hall–Kier alpha value is -0.320. The van der Waals surface area contributed by atoms with Crippen LogP contribution in [-0.4, -0.2) is 17.8 Å². The Labute approximate surface area is 98.6 Å². The van der Waals surface area contributed by atoms with Gasteiger partial charge in [0.2, 0.25) is 0 Å². The molecule has 0 saturated carbocycles. The summed E-state index contributed by atoms with van der Waals surface area (Å²) >= 11 is 3.25. The van der Waals surface area contributed by atoms with Gasteiger partial charge in [0.25, 0.3) is 0 Å². The fourth-order valence-corrected chi connectivity index (χ4v) is 1.79. The molecule has 3 nitrogen and oxygen atoms in total. The quantitative estimate of drug-likeness (QED) is 0.898. The van der Waals surface area contributed by atoms with E-state index in [4.69, 9.17) is 9.15 Å². The van der Waals surface area contributed by atoms with Gasteiger partial charge in [-0.3, -0.25) is 0 Å². The number of furan rings is 1. The second-order valence-electron chi connectivity index (χ2n) is 4.17. The number of aliphatic hydroxyl groups excluding tert-OH is 1. The van der Waals surface area contributed by atoms with Crippen molar-refractivity contribution in [1.29, 1.82) is 0 Å². The molecule has 15 heavy (non-hydrogen) atoms. The molecular formula is C11H17BrO3. The molecule has 1 atom stereocenters. The average Bonchev–Trinajstić information content (AvgIpc) is 2.61. The Kier molecular flexibility index (Phi) is 4.37. The Bertz CT molecular complexity index is 307. The first kappa shape index (κ1) is 12.7. The van der Waals surface area contributed by atoms with Gasteiger partial charge in [0.15, 0.2) is 4.67 Å². The monoisotopic (exact) mass is 276 g/mol. The molecule has 1 N–H and O–H groups in total. The molecule has 1 heterocycles. The van der Waals surface area contributed by atoms with E-state index in [1.165, 1.54) is 0 Å². The third kappa shape index (κ3) is 3.63. The van der Waals surface area contributed by atoms with E-state index < -0.39 is 6.10 Å². The molecule has 0 aliphatic carbocycles. The molecule has 0 spiro atoms. The lowest BCUT2D eigenvalue weighted by molar-refractivity contribution is 0.00265. The molecule has 0 fully saturated rings. The van der Waals surface area contributed by atoms with Crippen LogP contribution in [0.15, 0.2) is 21.4 Å². The zero-order chi connectivity index (χ0) is 11.5. The van der Waals surface area contributed by atoms with Crippen LogP contribution in [0.5, 0.6) is 0 Å². The number of aliphatic hydroxyl groups is 1. The van der Waals surface area contributed by atoms with Gasteiger partial charge < -0.3 is 14.3 Å². The first-order chi connectivity index (χ1) is 6.96. The Morgan fingerprint density at radius 2 is 2.27 bits per heavy atom. The fraction of sp³-hybridized carbons (Fsp3) is 0.636. The third-order valence-electron chi connectivity index (χ3n) is 2.58. The molecule has 0 radical (unpaired) electrons. The molecule has 0 aromatic carbocycles. The number of halogens is 1. The van der Waals surface area contributed by atoms with Crippen molar-refractivity contribution in [3.63, 3.8) is 0 Å². The van der Waals surface area contributed by atoms with Crippen LogP contribution >= 0.6 is 15.9 Å². The van der Waals surface area contributed by atoms with Gasteiger partial charge in [-0.1, -0.05) is 0 Å². The van der Waals surface area contributed by atoms with E-state index in [9.17, 15) is 5.11 Å². The van der Waals surface area contributed by atoms with Crippen LogP contribution in [-0.2, 0) is 4.74 Å². The molecule has 0 aliphatic rings. The molecule has 0 aliphatic heterocycles. The minimum Gasteiger partial charge on any atom is -0.457 e. The van der Waals surface area contributed by atoms with Gasteiger partial charge in [-0.05, 0) is 48.7 Å². The van der Waals surface area contributed by atoms with E-state index in [0.717, 1.165) is 12.0 Å². The molecule has 1 aromatic heterocycles. The Morgan fingerprint density at radius 1 is 1.60 bits per heavy atom. The SMILES string of the molecule is COC(C)(C)CCC(O)c1ccoc1Br. The molecule has 1 aromatic rings. The first-order valence-corrected chi connectivity index (χ1v) is 5.71. The van der Waals surface area contributed by atoms with Crippen molar-refractivity contribution in [3.8, 4) is 0 Å². The number of hydrogen-bond donors (Lipinski definition) is 1. The lowest BCUT2D eigenvalue weighted by Crippen LogP contribution is -2.23. The van der Waals surface area contributed by atoms with Crippen molar-refractivity contribution >= 4 is 15.9 Å². The number of methoxy groups -OCH3 is 1. The maximum Gasteiger partial charge on any atom is 0.174 e. The molecule has 0 saturated heterocycles. The Morgan fingerprint density at radius 3 is 2.73 bits per heavy atom. The van der Waals surface area contributed by atoms with Crippen LogP contribution in [0.3, 0.4) is 0 Å². The van der Waals surface area contributed by atoms with E-state index in [1.807, 2.05) is 13.8 Å². The smallest absolute Gasteiger partial charge is 0.174 e. The van der Waals surface area contributed by atoms with E-state index in [0.29, 0.717) is 11.1 Å². The highest BCUT2D eigenvalue weighted by atomic mass is 79.9. The van der Waals surface area contributed by atoms with Crippen molar-refractivity contribution in [2.24, 2.45) is 0 Å². The van der Waals surface area contributed by atoms with E-state index in [1.54, 1.807) is 19.4 Å². The highest BCUT2D eigenvalue weighted by molar-refractivity contribution is 9.10. The van der Waals surface area contributed by atoms with Crippen molar-refractivity contribution in [3.05, 3.63) is 22.6 Å². The minimum atomic E-state index is -0.507. The second kappa shape index (κ2) is 5.14. The summed E-state index contributed by atoms with van der Waals surface area (Å²) in [6, 6.07) is 1.77. The minimum absolute atomic E-state index is 0.197. The summed E-state index contributed by atoms with van der Waals surface area (Å²) in [6.07, 6.45) is 2.50. The van der Waals surface area contributed by atoms with Gasteiger partial charge in [0, 0.05) is 12.7 Å². The number of rotatable bonds is 5. The van der Waals surface area contributed by atoms with Gasteiger partial charge in [-0.25, -0.2) is 0 Å². The Balaban J connectivity index is 2.50. The summed E-state index contributed by atoms with van der Waals surface area (Å²) < 4.78 is 11.0. The standard InChI is InChI=1S/C11H17BrO3/c1-11(2,14-3)6-4-9(13)8-5-7-15-10(8)12/h5,7,9,13H,4,6H2,1-3H3. The maximum atomic E-state index is 9.90. The highest BCUT2D eigenvalue weighted by Gasteiger charge is 2.20. The molecule has 1 unspecified atom stereocenters. The van der Waals surface area contributed by atoms with Crippen molar-refractivity contribution < 1.29 is 14.3 Å². The zero-order valence-corrected chi connectivity index (χ0v) is 10.9. The van der Waals surface area contributed by atoms with Crippen molar-refractivity contribution in [1.82, 2.24) is 0 Å². The summed E-state index contributed by atoms with van der Waals surface area (Å²) in [5, 5.41) is 9.90. The molecule has 4 heteroatoms. The summed E-state index contributed by atoms with van der Waals surface area (Å²) in [4.78, 5) is 0. The zero-order valence-electron chi connectivity index (χ0n) is 9.29. The number of hydrogen-bond acceptors (Lipinski definition) is 3. The summed E-state index contributed by atoms with van der Waals surface area (Å²) in [5.74, 6) is 0. The van der Waals surface area contributed by atoms with Crippen LogP contribution in [0, 0.1) is 0 Å². The average molecular weight is 277 g/mol. The fourth-order valence-electron chi connectivity index (χ4n) is 1.28. The van der Waals surface area contributed by atoms with Crippen LogP contribution in [0.4, 0.5) is 0 Å². The molecule has 0 bridgehead atoms. The molecular weight excluding hydrogens is 260 g/mol. The number of ether oxygens (including phenoxy) is 1. The van der Waals surface area contributed by atoms with E-state index in [2.05, 4.69) is 15.9 Å². The van der Waals surface area contributed by atoms with Gasteiger partial charge in [-0.2, -0.15) is 0 Å². The van der Waals surface area contributed by atoms with Crippen molar-refractivity contribution in [2.75, 3.05) is 7.11 Å². The van der Waals surface area contributed by atoms with Gasteiger partial charge in [0.1, 0.15) is 0 Å². The lowest BCUT2D eigenvalue weighted by atomic mass is 9.98. The summed E-state index contributed by atoms with van der Waals surface area (Å²) in [6.45, 7) is 4.01. The van der Waals surface area contributed by atoms with Crippen LogP contribution in [0.2, 0.25) is 0 Å². The first-order valence-electron chi connectivity index (χ1n) is 4.92. The largest absolute Gasteiger partial charge is 0.457 e. The second-order valence-corrected chi connectivity index (χ2v) is 4.89. The van der Waals surface area contributed by atoms with Crippen molar-refractivity contribution in [2.45, 2.75) is 38.4 Å². The summed E-state index contributed by atoms with van der Waals surface area (Å²) in [5.41, 5.74) is 0.596. The molecule has 1 rings (SSSR count). The van der Waals surface area contributed by atoms with E-state index >= 15 is 0 Å². The molecule has 0 amide bonds. The van der Waals surface area contributed by atoms with Crippen LogP contribution in [0.1, 0.15) is 38.4 Å².